The molecule has 8 nitrogen and oxygen atoms in total. The second-order valence-electron chi connectivity index (χ2n) is 4.33. The molecule has 0 spiro atoms. The smallest absolute Gasteiger partial charge is 0.374 e. The van der Waals surface area contributed by atoms with E-state index in [4.69, 9.17) is 14.6 Å². The number of ether oxygens (including phenoxy) is 2. The second-order valence-corrected chi connectivity index (χ2v) is 6.28. The van der Waals surface area contributed by atoms with Crippen LogP contribution in [0.5, 0.6) is 11.5 Å². The van der Waals surface area contributed by atoms with Crippen LogP contribution in [0.1, 0.15) is 10.6 Å². The molecular weight excluding hydrogens is 302 g/mol. The van der Waals surface area contributed by atoms with Crippen molar-refractivity contribution in [1.29, 1.82) is 0 Å². The number of hydrogen-bond acceptors (Lipinski definition) is 7. The lowest BCUT2D eigenvalue weighted by Crippen LogP contribution is -2.02. The lowest BCUT2D eigenvalue weighted by molar-refractivity contribution is 0.0652. The number of aromatic nitrogens is 1. The maximum Gasteiger partial charge on any atom is 0.374 e. The zero-order valence-electron chi connectivity index (χ0n) is 10.7. The van der Waals surface area contributed by atoms with Crippen molar-refractivity contribution in [3.63, 3.8) is 0 Å². The summed E-state index contributed by atoms with van der Waals surface area (Å²) < 4.78 is 39.0. The fraction of sp³-hybridized carbons (Fsp3) is 0.167. The number of benzene rings is 1. The highest BCUT2D eigenvalue weighted by Crippen LogP contribution is 2.43. The van der Waals surface area contributed by atoms with Crippen LogP contribution in [0.3, 0.4) is 0 Å². The van der Waals surface area contributed by atoms with Gasteiger partial charge in [-0.15, -0.1) is 0 Å². The predicted molar refractivity (Wildman–Crippen MR) is 68.1 cm³/mol. The van der Waals surface area contributed by atoms with Gasteiger partial charge in [-0.25, -0.2) is 13.2 Å². The number of fused-ring (bicyclic) bond motifs is 1. The lowest BCUT2D eigenvalue weighted by atomic mass is 10.1. The van der Waals surface area contributed by atoms with Gasteiger partial charge in [0.05, 0.1) is 0 Å². The first-order chi connectivity index (χ1) is 9.88. The van der Waals surface area contributed by atoms with Gasteiger partial charge in [-0.1, -0.05) is 5.16 Å². The monoisotopic (exact) mass is 311 g/mol. The highest BCUT2D eigenvalue weighted by molar-refractivity contribution is 7.91. The number of sulfone groups is 1. The molecule has 0 fully saturated rings. The van der Waals surface area contributed by atoms with Crippen molar-refractivity contribution in [1.82, 2.24) is 5.16 Å². The first kappa shape index (κ1) is 13.4. The average Bonchev–Trinajstić information content (AvgIpc) is 3.05. The van der Waals surface area contributed by atoms with Crippen LogP contribution < -0.4 is 9.47 Å². The third-order valence-corrected chi connectivity index (χ3v) is 4.01. The molecule has 2 heterocycles. The van der Waals surface area contributed by atoms with E-state index in [9.17, 15) is 13.2 Å². The number of rotatable bonds is 3. The standard InChI is InChI=1S/C12H9NO7S/c1-21(16,17)11-6(2-3-8-10(11)19-5-18-8)7-4-9(12(14)15)20-13-7/h2-4H,5H2,1H3,(H,14,15). The molecule has 21 heavy (non-hydrogen) atoms. The van der Waals surface area contributed by atoms with E-state index in [0.717, 1.165) is 12.3 Å². The Morgan fingerprint density at radius 3 is 2.71 bits per heavy atom. The number of carboxylic acid groups (broad SMARTS) is 1. The van der Waals surface area contributed by atoms with Gasteiger partial charge in [0, 0.05) is 17.9 Å². The Bertz CT molecular complexity index is 837. The van der Waals surface area contributed by atoms with Gasteiger partial charge < -0.3 is 19.1 Å². The fourth-order valence-corrected chi connectivity index (χ4v) is 3.09. The Kier molecular flexibility index (Phi) is 2.87. The normalized spacial score (nSPS) is 13.4. The van der Waals surface area contributed by atoms with Crippen LogP contribution in [0.2, 0.25) is 0 Å². The van der Waals surface area contributed by atoms with Crippen LogP contribution in [0.4, 0.5) is 0 Å². The zero-order chi connectivity index (χ0) is 15.2. The van der Waals surface area contributed by atoms with E-state index in [1.54, 1.807) is 0 Å². The van der Waals surface area contributed by atoms with E-state index >= 15 is 0 Å². The van der Waals surface area contributed by atoms with Crippen LogP contribution in [-0.2, 0) is 9.84 Å². The van der Waals surface area contributed by atoms with Gasteiger partial charge in [0.25, 0.3) is 0 Å². The van der Waals surface area contributed by atoms with Crippen LogP contribution in [-0.4, -0.2) is 37.7 Å². The maximum atomic E-state index is 12.0. The first-order valence-electron chi connectivity index (χ1n) is 5.71. The molecule has 110 valence electrons. The third-order valence-electron chi connectivity index (χ3n) is 2.86. The number of aromatic carboxylic acids is 1. The van der Waals surface area contributed by atoms with Crippen molar-refractivity contribution in [3.05, 3.63) is 24.0 Å². The summed E-state index contributed by atoms with van der Waals surface area (Å²) in [4.78, 5) is 10.7. The molecule has 3 rings (SSSR count). The summed E-state index contributed by atoms with van der Waals surface area (Å²) >= 11 is 0. The van der Waals surface area contributed by atoms with E-state index in [0.29, 0.717) is 5.75 Å². The van der Waals surface area contributed by atoms with Gasteiger partial charge in [0.1, 0.15) is 10.6 Å². The summed E-state index contributed by atoms with van der Waals surface area (Å²) in [6, 6.07) is 4.14. The highest BCUT2D eigenvalue weighted by atomic mass is 32.2. The van der Waals surface area contributed by atoms with Crippen molar-refractivity contribution in [3.8, 4) is 22.8 Å². The molecule has 0 atom stereocenters. The van der Waals surface area contributed by atoms with E-state index in [1.165, 1.54) is 12.1 Å². The molecule has 0 saturated heterocycles. The highest BCUT2D eigenvalue weighted by Gasteiger charge is 2.29. The summed E-state index contributed by atoms with van der Waals surface area (Å²) in [6.45, 7) is -0.0828. The topological polar surface area (TPSA) is 116 Å². The van der Waals surface area contributed by atoms with Gasteiger partial charge >= 0.3 is 5.97 Å². The summed E-state index contributed by atoms with van der Waals surface area (Å²) in [6.07, 6.45) is 1.02. The molecular formula is C12H9NO7S. The molecule has 1 aliphatic rings. The van der Waals surface area contributed by atoms with Gasteiger partial charge in [-0.05, 0) is 12.1 Å². The van der Waals surface area contributed by atoms with Crippen molar-refractivity contribution in [2.45, 2.75) is 4.90 Å². The molecule has 1 N–H and O–H groups in total. The van der Waals surface area contributed by atoms with Gasteiger partial charge in [0.2, 0.25) is 12.6 Å². The molecule has 9 heteroatoms. The van der Waals surface area contributed by atoms with Crippen molar-refractivity contribution in [2.75, 3.05) is 13.0 Å². The number of hydrogen-bond donors (Lipinski definition) is 1. The van der Waals surface area contributed by atoms with Crippen LogP contribution in [0.15, 0.2) is 27.6 Å². The Labute approximate surface area is 118 Å². The summed E-state index contributed by atoms with van der Waals surface area (Å²) in [5.74, 6) is -1.28. The number of carbonyl (C=O) groups is 1. The SMILES string of the molecule is CS(=O)(=O)c1c(-c2cc(C(=O)O)on2)ccc2c1OCO2. The molecule has 2 aromatic rings. The molecule has 0 saturated carbocycles. The Hall–Kier alpha value is -2.55. The van der Waals surface area contributed by atoms with Gasteiger partial charge in [-0.3, -0.25) is 0 Å². The van der Waals surface area contributed by atoms with Crippen LogP contribution >= 0.6 is 0 Å². The minimum atomic E-state index is -3.65. The summed E-state index contributed by atoms with van der Waals surface area (Å²) in [5.41, 5.74) is 0.282. The maximum absolute atomic E-state index is 12.0. The quantitative estimate of drug-likeness (QED) is 0.898. The second kappa shape index (κ2) is 4.48. The average molecular weight is 311 g/mol. The van der Waals surface area contributed by atoms with Crippen molar-refractivity contribution >= 4 is 15.8 Å². The number of carboxylic acids is 1. The van der Waals surface area contributed by atoms with Crippen LogP contribution in [0.25, 0.3) is 11.3 Å². The molecule has 1 aromatic heterocycles. The number of nitrogens with zero attached hydrogens (tertiary/aromatic N) is 1. The van der Waals surface area contributed by atoms with E-state index in [2.05, 4.69) is 9.68 Å². The summed E-state index contributed by atoms with van der Waals surface area (Å²) in [7, 11) is -3.65. The van der Waals surface area contributed by atoms with E-state index < -0.39 is 15.8 Å². The molecule has 1 aliphatic heterocycles. The largest absolute Gasteiger partial charge is 0.475 e. The van der Waals surface area contributed by atoms with E-state index in [-0.39, 0.29) is 34.5 Å². The lowest BCUT2D eigenvalue weighted by Gasteiger charge is -2.08. The molecule has 0 unspecified atom stereocenters. The summed E-state index contributed by atoms with van der Waals surface area (Å²) in [5, 5.41) is 12.4. The van der Waals surface area contributed by atoms with Gasteiger partial charge in [-0.2, -0.15) is 0 Å². The minimum absolute atomic E-state index is 0.0828. The molecule has 0 bridgehead atoms. The first-order valence-corrected chi connectivity index (χ1v) is 7.60. The van der Waals surface area contributed by atoms with Crippen LogP contribution in [0, 0.1) is 0 Å². The molecule has 0 radical (unpaired) electrons. The van der Waals surface area contributed by atoms with Crippen molar-refractivity contribution < 1.29 is 32.3 Å². The third kappa shape index (κ3) is 2.21. The molecule has 1 aromatic carbocycles. The predicted octanol–water partition coefficient (Wildman–Crippen LogP) is 1.17. The minimum Gasteiger partial charge on any atom is -0.475 e. The zero-order valence-corrected chi connectivity index (χ0v) is 11.5. The molecule has 0 aliphatic carbocycles. The fourth-order valence-electron chi connectivity index (χ4n) is 2.02. The molecule has 0 amide bonds. The van der Waals surface area contributed by atoms with Crippen molar-refractivity contribution in [2.24, 2.45) is 0 Å². The Balaban J connectivity index is 2.25. The van der Waals surface area contributed by atoms with E-state index in [1.807, 2.05) is 0 Å². The Morgan fingerprint density at radius 2 is 2.10 bits per heavy atom. The van der Waals surface area contributed by atoms with Gasteiger partial charge in [0.15, 0.2) is 21.3 Å². The Morgan fingerprint density at radius 1 is 1.33 bits per heavy atom.